The van der Waals surface area contributed by atoms with E-state index in [1.54, 1.807) is 7.11 Å². The van der Waals surface area contributed by atoms with E-state index in [1.807, 2.05) is 0 Å². The Hall–Kier alpha value is -0.0800. The zero-order valence-corrected chi connectivity index (χ0v) is 11.2. The molecule has 2 heteroatoms. The molecule has 0 spiro atoms. The quantitative estimate of drug-likeness (QED) is 0.597. The minimum atomic E-state index is 0.456. The van der Waals surface area contributed by atoms with E-state index in [0.717, 1.165) is 25.6 Å². The molecule has 0 aliphatic heterocycles. The van der Waals surface area contributed by atoms with Gasteiger partial charge in [0.2, 0.25) is 0 Å². The number of hydrogen-bond donors (Lipinski definition) is 1. The van der Waals surface area contributed by atoms with Gasteiger partial charge < -0.3 is 10.1 Å². The smallest absolute Gasteiger partial charge is 0.0587 e. The summed E-state index contributed by atoms with van der Waals surface area (Å²) in [5.41, 5.74) is 0.456. The van der Waals surface area contributed by atoms with Crippen molar-refractivity contribution in [2.75, 3.05) is 26.8 Å². The summed E-state index contributed by atoms with van der Waals surface area (Å²) < 4.78 is 5.03. The molecule has 0 heterocycles. The van der Waals surface area contributed by atoms with Crippen LogP contribution in [0.25, 0.3) is 0 Å². The van der Waals surface area contributed by atoms with Crippen LogP contribution in [0.2, 0.25) is 0 Å². The van der Waals surface area contributed by atoms with Crippen molar-refractivity contribution in [2.45, 2.75) is 47.0 Å². The number of rotatable bonds is 9. The summed E-state index contributed by atoms with van der Waals surface area (Å²) in [6.45, 7) is 12.2. The second-order valence-electron chi connectivity index (χ2n) is 5.27. The standard InChI is InChI=1S/C13H29NO/c1-6-13(4,8-7-12(2)3)11-14-9-10-15-5/h12,14H,6-11H2,1-5H3. The van der Waals surface area contributed by atoms with Gasteiger partial charge in [-0.05, 0) is 24.2 Å². The maximum Gasteiger partial charge on any atom is 0.0587 e. The Bertz CT molecular complexity index is 147. The lowest BCUT2D eigenvalue weighted by molar-refractivity contribution is 0.187. The second kappa shape index (κ2) is 8.12. The predicted octanol–water partition coefficient (Wildman–Crippen LogP) is 3.07. The zero-order valence-electron chi connectivity index (χ0n) is 11.2. The number of ether oxygens (including phenoxy) is 1. The van der Waals surface area contributed by atoms with E-state index < -0.39 is 0 Å². The van der Waals surface area contributed by atoms with Crippen molar-refractivity contribution in [2.24, 2.45) is 11.3 Å². The van der Waals surface area contributed by atoms with Gasteiger partial charge in [-0.3, -0.25) is 0 Å². The predicted molar refractivity (Wildman–Crippen MR) is 67.2 cm³/mol. The van der Waals surface area contributed by atoms with Crippen molar-refractivity contribution in [3.05, 3.63) is 0 Å². The third-order valence-electron chi connectivity index (χ3n) is 3.21. The molecule has 0 aliphatic rings. The molecule has 0 amide bonds. The molecule has 0 aliphatic carbocycles. The Morgan fingerprint density at radius 1 is 1.33 bits per heavy atom. The van der Waals surface area contributed by atoms with E-state index in [4.69, 9.17) is 4.74 Å². The van der Waals surface area contributed by atoms with Crippen LogP contribution in [-0.4, -0.2) is 26.8 Å². The molecule has 15 heavy (non-hydrogen) atoms. The first kappa shape index (κ1) is 14.9. The van der Waals surface area contributed by atoms with Gasteiger partial charge in [-0.1, -0.05) is 34.1 Å². The third-order valence-corrected chi connectivity index (χ3v) is 3.21. The van der Waals surface area contributed by atoms with Gasteiger partial charge in [-0.2, -0.15) is 0 Å². The Morgan fingerprint density at radius 2 is 2.00 bits per heavy atom. The molecule has 0 saturated heterocycles. The highest BCUT2D eigenvalue weighted by Gasteiger charge is 2.21. The van der Waals surface area contributed by atoms with E-state index >= 15 is 0 Å². The second-order valence-corrected chi connectivity index (χ2v) is 5.27. The highest BCUT2D eigenvalue weighted by atomic mass is 16.5. The molecule has 0 aromatic rings. The lowest BCUT2D eigenvalue weighted by Crippen LogP contribution is -2.33. The Labute approximate surface area is 95.8 Å². The summed E-state index contributed by atoms with van der Waals surface area (Å²) in [5.74, 6) is 0.815. The van der Waals surface area contributed by atoms with E-state index in [9.17, 15) is 0 Å². The van der Waals surface area contributed by atoms with Crippen molar-refractivity contribution < 1.29 is 4.74 Å². The van der Waals surface area contributed by atoms with Crippen LogP contribution >= 0.6 is 0 Å². The highest BCUT2D eigenvalue weighted by Crippen LogP contribution is 2.28. The van der Waals surface area contributed by atoms with Gasteiger partial charge in [0.15, 0.2) is 0 Å². The van der Waals surface area contributed by atoms with Gasteiger partial charge in [0.25, 0.3) is 0 Å². The average molecular weight is 215 g/mol. The summed E-state index contributed by atoms with van der Waals surface area (Å²) in [5, 5.41) is 3.48. The fourth-order valence-corrected chi connectivity index (χ4v) is 1.59. The largest absolute Gasteiger partial charge is 0.383 e. The minimum absolute atomic E-state index is 0.456. The summed E-state index contributed by atoms with van der Waals surface area (Å²) >= 11 is 0. The van der Waals surface area contributed by atoms with Gasteiger partial charge in [0.05, 0.1) is 6.61 Å². The molecular weight excluding hydrogens is 186 g/mol. The molecule has 1 unspecified atom stereocenters. The van der Waals surface area contributed by atoms with E-state index in [1.165, 1.54) is 19.3 Å². The molecule has 0 saturated carbocycles. The molecule has 0 aromatic heterocycles. The lowest BCUT2D eigenvalue weighted by Gasteiger charge is -2.29. The maximum atomic E-state index is 5.03. The molecule has 2 nitrogen and oxygen atoms in total. The van der Waals surface area contributed by atoms with Crippen molar-refractivity contribution in [3.8, 4) is 0 Å². The molecule has 1 atom stereocenters. The highest BCUT2D eigenvalue weighted by molar-refractivity contribution is 4.75. The Balaban J connectivity index is 3.75. The van der Waals surface area contributed by atoms with Crippen LogP contribution in [0.1, 0.15) is 47.0 Å². The lowest BCUT2D eigenvalue weighted by atomic mass is 9.81. The van der Waals surface area contributed by atoms with Crippen LogP contribution in [0.5, 0.6) is 0 Å². The molecule has 92 valence electrons. The van der Waals surface area contributed by atoms with Gasteiger partial charge in [-0.25, -0.2) is 0 Å². The van der Waals surface area contributed by atoms with Gasteiger partial charge in [0.1, 0.15) is 0 Å². The third kappa shape index (κ3) is 7.80. The average Bonchev–Trinajstić information content (AvgIpc) is 2.22. The molecule has 0 bridgehead atoms. The molecule has 0 aromatic carbocycles. The summed E-state index contributed by atoms with van der Waals surface area (Å²) in [4.78, 5) is 0. The number of methoxy groups -OCH3 is 1. The first-order valence-corrected chi connectivity index (χ1v) is 6.23. The van der Waals surface area contributed by atoms with Crippen molar-refractivity contribution in [3.63, 3.8) is 0 Å². The van der Waals surface area contributed by atoms with Crippen LogP contribution in [-0.2, 0) is 4.74 Å². The molecule has 0 radical (unpaired) electrons. The first-order chi connectivity index (χ1) is 7.04. The topological polar surface area (TPSA) is 21.3 Å². The van der Waals surface area contributed by atoms with Crippen molar-refractivity contribution in [1.29, 1.82) is 0 Å². The van der Waals surface area contributed by atoms with E-state index in [0.29, 0.717) is 5.41 Å². The van der Waals surface area contributed by atoms with E-state index in [-0.39, 0.29) is 0 Å². The first-order valence-electron chi connectivity index (χ1n) is 6.23. The maximum absolute atomic E-state index is 5.03. The fourth-order valence-electron chi connectivity index (χ4n) is 1.59. The van der Waals surface area contributed by atoms with Gasteiger partial charge in [-0.15, -0.1) is 0 Å². The number of hydrogen-bond acceptors (Lipinski definition) is 2. The summed E-state index contributed by atoms with van der Waals surface area (Å²) in [6.07, 6.45) is 3.90. The van der Waals surface area contributed by atoms with Crippen LogP contribution in [0.4, 0.5) is 0 Å². The van der Waals surface area contributed by atoms with Crippen molar-refractivity contribution >= 4 is 0 Å². The molecule has 0 rings (SSSR count). The van der Waals surface area contributed by atoms with Crippen molar-refractivity contribution in [1.82, 2.24) is 5.32 Å². The van der Waals surface area contributed by atoms with E-state index in [2.05, 4.69) is 33.0 Å². The van der Waals surface area contributed by atoms with Gasteiger partial charge in [0, 0.05) is 20.2 Å². The van der Waals surface area contributed by atoms with Crippen LogP contribution in [0, 0.1) is 11.3 Å². The normalized spacial score (nSPS) is 15.6. The van der Waals surface area contributed by atoms with Crippen LogP contribution < -0.4 is 5.32 Å². The van der Waals surface area contributed by atoms with Gasteiger partial charge >= 0.3 is 0 Å². The number of nitrogens with one attached hydrogen (secondary N) is 1. The summed E-state index contributed by atoms with van der Waals surface area (Å²) in [6, 6.07) is 0. The monoisotopic (exact) mass is 215 g/mol. The van der Waals surface area contributed by atoms with Crippen LogP contribution in [0.3, 0.4) is 0 Å². The Morgan fingerprint density at radius 3 is 2.47 bits per heavy atom. The minimum Gasteiger partial charge on any atom is -0.383 e. The SMILES string of the molecule is CCC(C)(CCC(C)C)CNCCOC. The fraction of sp³-hybridized carbons (Fsp3) is 1.00. The zero-order chi connectivity index (χ0) is 11.7. The Kier molecular flexibility index (Phi) is 8.07. The molecular formula is C13H29NO. The molecule has 0 fully saturated rings. The summed E-state index contributed by atoms with van der Waals surface area (Å²) in [7, 11) is 1.75. The van der Waals surface area contributed by atoms with Crippen LogP contribution in [0.15, 0.2) is 0 Å². The molecule has 1 N–H and O–H groups in total.